The predicted molar refractivity (Wildman–Crippen MR) is 67.4 cm³/mol. The van der Waals surface area contributed by atoms with Gasteiger partial charge < -0.3 is 10.0 Å². The standard InChI is InChI=1S/C14H14N2O2/c15-9-12-3-1-11(2-4-12)5-6-14(18)16-8-7-13(17)10-16/h1-6,13,17H,7-8,10H2/t13-/m0/s1. The van der Waals surface area contributed by atoms with Crippen LogP contribution in [0, 0.1) is 11.3 Å². The number of amides is 1. The molecule has 1 fully saturated rings. The van der Waals surface area contributed by atoms with E-state index in [-0.39, 0.29) is 5.91 Å². The fraction of sp³-hybridized carbons (Fsp3) is 0.286. The Morgan fingerprint density at radius 1 is 1.44 bits per heavy atom. The van der Waals surface area contributed by atoms with Gasteiger partial charge in [0.25, 0.3) is 0 Å². The molecular formula is C14H14N2O2. The van der Waals surface area contributed by atoms with Crippen LogP contribution in [0.5, 0.6) is 0 Å². The minimum atomic E-state index is -0.391. The molecule has 92 valence electrons. The van der Waals surface area contributed by atoms with Crippen LogP contribution in [0.4, 0.5) is 0 Å². The Hall–Kier alpha value is -2.12. The summed E-state index contributed by atoms with van der Waals surface area (Å²) in [6.45, 7) is 1.02. The number of aliphatic hydroxyl groups excluding tert-OH is 1. The molecule has 0 spiro atoms. The molecule has 1 aliphatic heterocycles. The summed E-state index contributed by atoms with van der Waals surface area (Å²) >= 11 is 0. The molecule has 1 aliphatic rings. The number of aliphatic hydroxyl groups is 1. The number of rotatable bonds is 2. The second-order valence-electron chi connectivity index (χ2n) is 4.29. The summed E-state index contributed by atoms with van der Waals surface area (Å²) in [7, 11) is 0. The van der Waals surface area contributed by atoms with E-state index >= 15 is 0 Å². The Labute approximate surface area is 106 Å². The highest BCUT2D eigenvalue weighted by Crippen LogP contribution is 2.10. The third-order valence-electron chi connectivity index (χ3n) is 2.93. The van der Waals surface area contributed by atoms with Crippen LogP contribution in [0.3, 0.4) is 0 Å². The van der Waals surface area contributed by atoms with Crippen molar-refractivity contribution in [2.45, 2.75) is 12.5 Å². The molecule has 0 aliphatic carbocycles. The summed E-state index contributed by atoms with van der Waals surface area (Å²) < 4.78 is 0. The van der Waals surface area contributed by atoms with Crippen LogP contribution in [0.2, 0.25) is 0 Å². The maximum atomic E-state index is 11.8. The Kier molecular flexibility index (Phi) is 3.75. The largest absolute Gasteiger partial charge is 0.391 e. The van der Waals surface area contributed by atoms with Gasteiger partial charge in [0.1, 0.15) is 0 Å². The van der Waals surface area contributed by atoms with Gasteiger partial charge in [0, 0.05) is 19.2 Å². The van der Waals surface area contributed by atoms with Crippen molar-refractivity contribution in [2.24, 2.45) is 0 Å². The van der Waals surface area contributed by atoms with Gasteiger partial charge in [-0.05, 0) is 30.2 Å². The Balaban J connectivity index is 1.97. The molecule has 1 heterocycles. The van der Waals surface area contributed by atoms with Crippen LogP contribution in [0.1, 0.15) is 17.5 Å². The van der Waals surface area contributed by atoms with Gasteiger partial charge in [-0.15, -0.1) is 0 Å². The summed E-state index contributed by atoms with van der Waals surface area (Å²) in [6, 6.07) is 9.05. The average Bonchev–Trinajstić information content (AvgIpc) is 2.83. The van der Waals surface area contributed by atoms with Crippen LogP contribution >= 0.6 is 0 Å². The zero-order chi connectivity index (χ0) is 13.0. The SMILES string of the molecule is N#Cc1ccc(C=CC(=O)N2CC[C@H](O)C2)cc1. The molecule has 1 amide bonds. The quantitative estimate of drug-likeness (QED) is 0.792. The Bertz CT molecular complexity index is 500. The number of nitrogens with zero attached hydrogens (tertiary/aromatic N) is 2. The van der Waals surface area contributed by atoms with Crippen LogP contribution in [-0.4, -0.2) is 35.1 Å². The molecule has 0 radical (unpaired) electrons. The molecule has 1 aromatic carbocycles. The zero-order valence-electron chi connectivity index (χ0n) is 9.91. The number of carbonyl (C=O) groups is 1. The lowest BCUT2D eigenvalue weighted by Crippen LogP contribution is -2.27. The van der Waals surface area contributed by atoms with Crippen LogP contribution in [0.15, 0.2) is 30.3 Å². The highest BCUT2D eigenvalue weighted by atomic mass is 16.3. The van der Waals surface area contributed by atoms with Gasteiger partial charge in [0.15, 0.2) is 0 Å². The molecule has 1 N–H and O–H groups in total. The van der Waals surface area contributed by atoms with Crippen LogP contribution < -0.4 is 0 Å². The first-order chi connectivity index (χ1) is 8.69. The lowest BCUT2D eigenvalue weighted by molar-refractivity contribution is -0.125. The number of nitriles is 1. The first-order valence-electron chi connectivity index (χ1n) is 5.84. The van der Waals surface area contributed by atoms with Gasteiger partial charge in [-0.25, -0.2) is 0 Å². The summed E-state index contributed by atoms with van der Waals surface area (Å²) in [4.78, 5) is 13.4. The Morgan fingerprint density at radius 3 is 2.72 bits per heavy atom. The van der Waals surface area contributed by atoms with Crippen LogP contribution in [-0.2, 0) is 4.79 Å². The molecule has 0 aromatic heterocycles. The molecular weight excluding hydrogens is 228 g/mol. The molecule has 4 heteroatoms. The maximum absolute atomic E-state index is 11.8. The van der Waals surface area contributed by atoms with E-state index in [2.05, 4.69) is 0 Å². The maximum Gasteiger partial charge on any atom is 0.246 e. The highest BCUT2D eigenvalue weighted by molar-refractivity contribution is 5.92. The third kappa shape index (κ3) is 2.96. The number of carbonyl (C=O) groups excluding carboxylic acids is 1. The number of hydrogen-bond donors (Lipinski definition) is 1. The van der Waals surface area contributed by atoms with Gasteiger partial charge in [0.2, 0.25) is 5.91 Å². The van der Waals surface area contributed by atoms with E-state index < -0.39 is 6.10 Å². The van der Waals surface area contributed by atoms with Gasteiger partial charge in [-0.3, -0.25) is 4.79 Å². The second-order valence-corrected chi connectivity index (χ2v) is 4.29. The molecule has 1 saturated heterocycles. The summed E-state index contributed by atoms with van der Waals surface area (Å²) in [5.41, 5.74) is 1.48. The normalized spacial score (nSPS) is 19.1. The topological polar surface area (TPSA) is 64.3 Å². The molecule has 1 aromatic rings. The minimum absolute atomic E-state index is 0.0871. The van der Waals surface area contributed by atoms with E-state index in [0.717, 1.165) is 5.56 Å². The zero-order valence-corrected chi connectivity index (χ0v) is 9.91. The lowest BCUT2D eigenvalue weighted by Gasteiger charge is -2.12. The van der Waals surface area contributed by atoms with E-state index in [1.165, 1.54) is 6.08 Å². The van der Waals surface area contributed by atoms with Crippen molar-refractivity contribution in [3.8, 4) is 6.07 Å². The van der Waals surface area contributed by atoms with Crippen LogP contribution in [0.25, 0.3) is 6.08 Å². The predicted octanol–water partition coefficient (Wildman–Crippen LogP) is 1.16. The molecule has 0 unspecified atom stereocenters. The molecule has 2 rings (SSSR count). The van der Waals surface area contributed by atoms with E-state index in [1.54, 1.807) is 35.2 Å². The number of hydrogen-bond acceptors (Lipinski definition) is 3. The van der Waals surface area contributed by atoms with Gasteiger partial charge in [-0.1, -0.05) is 12.1 Å². The average molecular weight is 242 g/mol. The molecule has 18 heavy (non-hydrogen) atoms. The molecule has 0 saturated carbocycles. The fourth-order valence-electron chi connectivity index (χ4n) is 1.88. The van der Waals surface area contributed by atoms with Crippen molar-refractivity contribution in [1.82, 2.24) is 4.90 Å². The molecule has 1 atom stereocenters. The number of β-amino-alcohol motifs (C(OH)–C–C–N with tert-alkyl or cyclic N) is 1. The number of likely N-dealkylation sites (tertiary alicyclic amines) is 1. The summed E-state index contributed by atoms with van der Waals surface area (Å²) in [5.74, 6) is -0.0871. The summed E-state index contributed by atoms with van der Waals surface area (Å²) in [5, 5.41) is 18.0. The van der Waals surface area contributed by atoms with E-state index in [0.29, 0.717) is 25.1 Å². The van der Waals surface area contributed by atoms with Gasteiger partial charge in [-0.2, -0.15) is 5.26 Å². The molecule has 4 nitrogen and oxygen atoms in total. The van der Waals surface area contributed by atoms with E-state index in [1.807, 2.05) is 6.07 Å². The second kappa shape index (κ2) is 5.48. The van der Waals surface area contributed by atoms with Crippen molar-refractivity contribution in [2.75, 3.05) is 13.1 Å². The van der Waals surface area contributed by atoms with Crippen molar-refractivity contribution >= 4 is 12.0 Å². The van der Waals surface area contributed by atoms with Crippen molar-refractivity contribution in [3.05, 3.63) is 41.5 Å². The summed E-state index contributed by atoms with van der Waals surface area (Å²) in [6.07, 6.45) is 3.47. The Morgan fingerprint density at radius 2 is 2.17 bits per heavy atom. The first-order valence-corrected chi connectivity index (χ1v) is 5.84. The minimum Gasteiger partial charge on any atom is -0.391 e. The van der Waals surface area contributed by atoms with Gasteiger partial charge >= 0.3 is 0 Å². The van der Waals surface area contributed by atoms with E-state index in [4.69, 9.17) is 5.26 Å². The van der Waals surface area contributed by atoms with Crippen molar-refractivity contribution < 1.29 is 9.90 Å². The lowest BCUT2D eigenvalue weighted by atomic mass is 10.1. The van der Waals surface area contributed by atoms with Crippen molar-refractivity contribution in [3.63, 3.8) is 0 Å². The van der Waals surface area contributed by atoms with E-state index in [9.17, 15) is 9.90 Å². The van der Waals surface area contributed by atoms with Crippen molar-refractivity contribution in [1.29, 1.82) is 5.26 Å². The number of benzene rings is 1. The third-order valence-corrected chi connectivity index (χ3v) is 2.93. The highest BCUT2D eigenvalue weighted by Gasteiger charge is 2.22. The smallest absolute Gasteiger partial charge is 0.246 e. The first kappa shape index (κ1) is 12.3. The molecule has 0 bridgehead atoms. The fourth-order valence-corrected chi connectivity index (χ4v) is 1.88. The monoisotopic (exact) mass is 242 g/mol. The van der Waals surface area contributed by atoms with Gasteiger partial charge in [0.05, 0.1) is 17.7 Å².